The minimum absolute atomic E-state index is 0.104. The molecule has 0 unspecified atom stereocenters. The van der Waals surface area contributed by atoms with Crippen molar-refractivity contribution >= 4 is 65.0 Å². The number of hydrogen-bond acceptors (Lipinski definition) is 2. The molecule has 0 amide bonds. The normalized spacial score (nSPS) is 13.6. The summed E-state index contributed by atoms with van der Waals surface area (Å²) in [5, 5.41) is 10.7. The standard InChI is InChI=1S/C47H31N3/c1-47(2)39-22-12-10-18-32(39)35-25-24-29-26-41-38(27-37(29)43(35)47)33-19-11-13-23-40(33)50(41)46-48-44(28-14-4-3-5-15-28)42-34-20-8-6-16-30(34)31-17-7-9-21-36(31)45(42)49-46/h3-27H,1-2H3. The smallest absolute Gasteiger partial charge is 0.235 e. The van der Waals surface area contributed by atoms with Crippen LogP contribution in [-0.4, -0.2) is 14.5 Å². The Morgan fingerprint density at radius 1 is 0.480 bits per heavy atom. The molecular formula is C47H31N3. The second-order valence-corrected chi connectivity index (χ2v) is 14.2. The van der Waals surface area contributed by atoms with Gasteiger partial charge < -0.3 is 0 Å². The summed E-state index contributed by atoms with van der Waals surface area (Å²) in [6.07, 6.45) is 0. The number of nitrogens with zero attached hydrogens (tertiary/aromatic N) is 3. The van der Waals surface area contributed by atoms with Gasteiger partial charge >= 0.3 is 0 Å². The van der Waals surface area contributed by atoms with Crippen molar-refractivity contribution in [3.63, 3.8) is 0 Å². The molecule has 0 saturated heterocycles. The molecule has 1 aliphatic rings. The van der Waals surface area contributed by atoms with E-state index in [9.17, 15) is 0 Å². The Bertz CT molecular complexity index is 3060. The third-order valence-corrected chi connectivity index (χ3v) is 11.1. The van der Waals surface area contributed by atoms with Crippen molar-refractivity contribution < 1.29 is 0 Å². The van der Waals surface area contributed by atoms with Gasteiger partial charge in [0.1, 0.15) is 0 Å². The van der Waals surface area contributed by atoms with Crippen LogP contribution in [0.25, 0.3) is 93.4 Å². The minimum Gasteiger partial charge on any atom is -0.278 e. The van der Waals surface area contributed by atoms with Crippen molar-refractivity contribution in [2.45, 2.75) is 19.3 Å². The van der Waals surface area contributed by atoms with Crippen molar-refractivity contribution in [1.82, 2.24) is 14.5 Å². The Labute approximate surface area is 289 Å². The second kappa shape index (κ2) is 9.87. The molecule has 234 valence electrons. The molecule has 3 heteroatoms. The van der Waals surface area contributed by atoms with Crippen molar-refractivity contribution in [2.24, 2.45) is 0 Å². The lowest BCUT2D eigenvalue weighted by atomic mass is 9.80. The molecule has 11 rings (SSSR count). The first-order chi connectivity index (χ1) is 24.6. The Morgan fingerprint density at radius 3 is 1.96 bits per heavy atom. The first-order valence-electron chi connectivity index (χ1n) is 17.4. The molecule has 3 nitrogen and oxygen atoms in total. The van der Waals surface area contributed by atoms with Crippen molar-refractivity contribution in [1.29, 1.82) is 0 Å². The van der Waals surface area contributed by atoms with Gasteiger partial charge in [-0.3, -0.25) is 4.57 Å². The van der Waals surface area contributed by atoms with E-state index in [4.69, 9.17) is 9.97 Å². The fraction of sp³-hybridized carbons (Fsp3) is 0.0638. The van der Waals surface area contributed by atoms with E-state index in [-0.39, 0.29) is 5.41 Å². The zero-order chi connectivity index (χ0) is 33.1. The molecule has 0 saturated carbocycles. The molecule has 0 fully saturated rings. The SMILES string of the molecule is CC1(C)c2ccccc2-c2ccc3cc4c(cc3c21)c1ccccc1n4-c1nc(-c2ccccc2)c2c3ccccc3c3ccccc3c2n1. The van der Waals surface area contributed by atoms with Gasteiger partial charge in [-0.1, -0.05) is 147 Å². The highest BCUT2D eigenvalue weighted by atomic mass is 15.2. The summed E-state index contributed by atoms with van der Waals surface area (Å²) in [7, 11) is 0. The van der Waals surface area contributed by atoms with Crippen LogP contribution in [0.5, 0.6) is 0 Å². The summed E-state index contributed by atoms with van der Waals surface area (Å²) in [5.41, 5.74) is 10.6. The maximum Gasteiger partial charge on any atom is 0.235 e. The predicted octanol–water partition coefficient (Wildman–Crippen LogP) is 12.2. The van der Waals surface area contributed by atoms with Gasteiger partial charge in [0.2, 0.25) is 5.95 Å². The third kappa shape index (κ3) is 3.59. The van der Waals surface area contributed by atoms with E-state index in [1.54, 1.807) is 0 Å². The highest BCUT2D eigenvalue weighted by Gasteiger charge is 2.36. The predicted molar refractivity (Wildman–Crippen MR) is 209 cm³/mol. The van der Waals surface area contributed by atoms with Gasteiger partial charge in [-0.15, -0.1) is 0 Å². The van der Waals surface area contributed by atoms with E-state index in [1.165, 1.54) is 54.6 Å². The molecule has 0 bridgehead atoms. The number of aromatic nitrogens is 3. The quantitative estimate of drug-likeness (QED) is 0.177. The van der Waals surface area contributed by atoms with Crippen LogP contribution in [0, 0.1) is 0 Å². The third-order valence-electron chi connectivity index (χ3n) is 11.1. The van der Waals surface area contributed by atoms with E-state index in [1.807, 2.05) is 0 Å². The van der Waals surface area contributed by atoms with Gasteiger partial charge in [0.05, 0.1) is 22.2 Å². The van der Waals surface area contributed by atoms with Gasteiger partial charge in [0, 0.05) is 32.5 Å². The summed E-state index contributed by atoms with van der Waals surface area (Å²) in [6.45, 7) is 4.74. The Hall–Kier alpha value is -6.32. The zero-order valence-corrected chi connectivity index (χ0v) is 27.8. The monoisotopic (exact) mass is 637 g/mol. The summed E-state index contributed by atoms with van der Waals surface area (Å²) in [5.74, 6) is 0.677. The number of hydrogen-bond donors (Lipinski definition) is 0. The molecule has 50 heavy (non-hydrogen) atoms. The van der Waals surface area contributed by atoms with Gasteiger partial charge in [0.15, 0.2) is 0 Å². The lowest BCUT2D eigenvalue weighted by molar-refractivity contribution is 0.666. The first kappa shape index (κ1) is 27.6. The minimum atomic E-state index is -0.104. The molecule has 0 atom stereocenters. The van der Waals surface area contributed by atoms with E-state index in [0.717, 1.165) is 44.0 Å². The Balaban J connectivity index is 1.28. The van der Waals surface area contributed by atoms with Crippen molar-refractivity contribution in [3.05, 3.63) is 163 Å². The number of benzene rings is 8. The highest BCUT2D eigenvalue weighted by Crippen LogP contribution is 2.52. The van der Waals surface area contributed by atoms with E-state index in [0.29, 0.717) is 5.95 Å². The van der Waals surface area contributed by atoms with Gasteiger partial charge in [-0.2, -0.15) is 0 Å². The Kier molecular flexibility index (Phi) is 5.45. The molecule has 0 N–H and O–H groups in total. The number of para-hydroxylation sites is 1. The second-order valence-electron chi connectivity index (χ2n) is 14.2. The lowest BCUT2D eigenvalue weighted by Crippen LogP contribution is -2.15. The van der Waals surface area contributed by atoms with Crippen LogP contribution in [0.3, 0.4) is 0 Å². The lowest BCUT2D eigenvalue weighted by Gasteiger charge is -2.23. The van der Waals surface area contributed by atoms with Crippen LogP contribution < -0.4 is 0 Å². The van der Waals surface area contributed by atoms with Crippen molar-refractivity contribution in [2.75, 3.05) is 0 Å². The summed E-state index contributed by atoms with van der Waals surface area (Å²) >= 11 is 0. The summed E-state index contributed by atoms with van der Waals surface area (Å²) < 4.78 is 2.28. The van der Waals surface area contributed by atoms with Crippen LogP contribution in [0.4, 0.5) is 0 Å². The van der Waals surface area contributed by atoms with Gasteiger partial charge in [-0.25, -0.2) is 9.97 Å². The molecule has 10 aromatic rings. The molecule has 2 aromatic heterocycles. The molecule has 0 aliphatic heterocycles. The molecular weight excluding hydrogens is 607 g/mol. The molecule has 8 aromatic carbocycles. The van der Waals surface area contributed by atoms with Crippen LogP contribution in [0.15, 0.2) is 152 Å². The largest absolute Gasteiger partial charge is 0.278 e. The van der Waals surface area contributed by atoms with Crippen molar-refractivity contribution in [3.8, 4) is 28.3 Å². The fourth-order valence-corrected chi connectivity index (χ4v) is 8.96. The van der Waals surface area contributed by atoms with Gasteiger partial charge in [-0.05, 0) is 67.4 Å². The van der Waals surface area contributed by atoms with E-state index in [2.05, 4.69) is 170 Å². The first-order valence-corrected chi connectivity index (χ1v) is 17.4. The highest BCUT2D eigenvalue weighted by molar-refractivity contribution is 6.27. The molecule has 1 aliphatic carbocycles. The molecule has 0 spiro atoms. The summed E-state index contributed by atoms with van der Waals surface area (Å²) in [6, 6.07) is 54.9. The van der Waals surface area contributed by atoms with Crippen LogP contribution in [0.1, 0.15) is 25.0 Å². The topological polar surface area (TPSA) is 30.7 Å². The number of fused-ring (bicyclic) bond motifs is 14. The Morgan fingerprint density at radius 2 is 1.14 bits per heavy atom. The number of rotatable bonds is 2. The maximum atomic E-state index is 5.52. The van der Waals surface area contributed by atoms with Gasteiger partial charge in [0.25, 0.3) is 0 Å². The average molecular weight is 638 g/mol. The van der Waals surface area contributed by atoms with Crippen LogP contribution in [-0.2, 0) is 5.41 Å². The maximum absolute atomic E-state index is 5.52. The fourth-order valence-electron chi connectivity index (χ4n) is 8.96. The van der Waals surface area contributed by atoms with Crippen LogP contribution >= 0.6 is 0 Å². The molecule has 0 radical (unpaired) electrons. The summed E-state index contributed by atoms with van der Waals surface area (Å²) in [4.78, 5) is 11.0. The van der Waals surface area contributed by atoms with E-state index >= 15 is 0 Å². The van der Waals surface area contributed by atoms with Crippen LogP contribution in [0.2, 0.25) is 0 Å². The molecule has 2 heterocycles. The van der Waals surface area contributed by atoms with E-state index < -0.39 is 0 Å². The zero-order valence-electron chi connectivity index (χ0n) is 27.8. The average Bonchev–Trinajstić information content (AvgIpc) is 3.61.